The third-order valence-corrected chi connectivity index (χ3v) is 5.44. The van der Waals surface area contributed by atoms with Crippen LogP contribution in [0.15, 0.2) is 12.1 Å². The molecule has 0 spiro atoms. The number of hydrogen-bond donors (Lipinski definition) is 0. The molecule has 4 nitrogen and oxygen atoms in total. The molecule has 1 aromatic carbocycles. The Morgan fingerprint density at radius 3 is 2.57 bits per heavy atom. The highest BCUT2D eigenvalue weighted by atomic mass is 127. The molecule has 2 heterocycles. The van der Waals surface area contributed by atoms with Crippen LogP contribution in [0.3, 0.4) is 0 Å². The highest BCUT2D eigenvalue weighted by molar-refractivity contribution is 14.1. The van der Waals surface area contributed by atoms with Crippen LogP contribution in [-0.4, -0.2) is 23.2 Å². The maximum Gasteiger partial charge on any atom is 0.166 e. The fourth-order valence-corrected chi connectivity index (χ4v) is 2.93. The third-order valence-electron chi connectivity index (χ3n) is 3.23. The standard InChI is InChI=1S/C14H11Cl2IN2O2/c1-6-3-7-4-10(20-2)8(5-9(7)21-6)14-18-12(15)11(17)13(16)19-14/h4-6H,3H2,1-2H3. The molecule has 1 atom stereocenters. The zero-order chi connectivity index (χ0) is 15.1. The van der Waals surface area contributed by atoms with Gasteiger partial charge in [0, 0.05) is 12.0 Å². The van der Waals surface area contributed by atoms with Crippen molar-refractivity contribution in [2.75, 3.05) is 7.11 Å². The Morgan fingerprint density at radius 1 is 1.29 bits per heavy atom. The molecule has 0 radical (unpaired) electrons. The molecule has 21 heavy (non-hydrogen) atoms. The van der Waals surface area contributed by atoms with E-state index in [2.05, 4.69) is 9.97 Å². The number of ether oxygens (including phenoxy) is 2. The first-order chi connectivity index (χ1) is 9.99. The summed E-state index contributed by atoms with van der Waals surface area (Å²) in [4.78, 5) is 8.57. The van der Waals surface area contributed by atoms with Crippen LogP contribution in [0, 0.1) is 3.57 Å². The van der Waals surface area contributed by atoms with Gasteiger partial charge in [0.2, 0.25) is 0 Å². The predicted octanol–water partition coefficient (Wildman–Crippen LogP) is 4.39. The van der Waals surface area contributed by atoms with Crippen molar-refractivity contribution >= 4 is 45.8 Å². The van der Waals surface area contributed by atoms with Crippen LogP contribution in [0.2, 0.25) is 10.3 Å². The zero-order valence-electron chi connectivity index (χ0n) is 11.3. The smallest absolute Gasteiger partial charge is 0.166 e. The van der Waals surface area contributed by atoms with E-state index >= 15 is 0 Å². The average Bonchev–Trinajstić information content (AvgIpc) is 2.81. The van der Waals surface area contributed by atoms with E-state index < -0.39 is 0 Å². The Kier molecular flexibility index (Phi) is 4.16. The summed E-state index contributed by atoms with van der Waals surface area (Å²) in [6.45, 7) is 2.03. The Balaban J connectivity index is 2.16. The predicted molar refractivity (Wildman–Crippen MR) is 90.6 cm³/mol. The molecule has 1 aliphatic rings. The van der Waals surface area contributed by atoms with Crippen molar-refractivity contribution in [3.63, 3.8) is 0 Å². The number of fused-ring (bicyclic) bond motifs is 1. The van der Waals surface area contributed by atoms with Gasteiger partial charge in [0.1, 0.15) is 27.9 Å². The molecule has 0 fully saturated rings. The first-order valence-electron chi connectivity index (χ1n) is 6.26. The summed E-state index contributed by atoms with van der Waals surface area (Å²) < 4.78 is 11.9. The minimum absolute atomic E-state index is 0.157. The number of nitrogens with zero attached hydrogens (tertiary/aromatic N) is 2. The lowest BCUT2D eigenvalue weighted by Gasteiger charge is -2.11. The van der Waals surface area contributed by atoms with E-state index in [0.29, 0.717) is 31.0 Å². The van der Waals surface area contributed by atoms with E-state index in [1.165, 1.54) is 0 Å². The maximum atomic E-state index is 6.09. The van der Waals surface area contributed by atoms with Gasteiger partial charge in [0.15, 0.2) is 5.82 Å². The van der Waals surface area contributed by atoms with Crippen molar-refractivity contribution in [2.24, 2.45) is 0 Å². The van der Waals surface area contributed by atoms with Crippen molar-refractivity contribution in [3.8, 4) is 22.9 Å². The molecule has 0 bridgehead atoms. The second-order valence-corrected chi connectivity index (χ2v) is 6.53. The van der Waals surface area contributed by atoms with Gasteiger partial charge < -0.3 is 9.47 Å². The van der Waals surface area contributed by atoms with Gasteiger partial charge in [0.25, 0.3) is 0 Å². The summed E-state index contributed by atoms with van der Waals surface area (Å²) in [6, 6.07) is 3.84. The maximum absolute atomic E-state index is 6.09. The van der Waals surface area contributed by atoms with Gasteiger partial charge in [-0.25, -0.2) is 9.97 Å². The van der Waals surface area contributed by atoms with Gasteiger partial charge in [-0.3, -0.25) is 0 Å². The molecule has 2 aromatic rings. The van der Waals surface area contributed by atoms with Crippen molar-refractivity contribution in [3.05, 3.63) is 31.6 Å². The highest BCUT2D eigenvalue weighted by Gasteiger charge is 2.23. The molecule has 1 aliphatic heterocycles. The second-order valence-electron chi connectivity index (χ2n) is 4.74. The lowest BCUT2D eigenvalue weighted by atomic mass is 10.1. The van der Waals surface area contributed by atoms with Crippen molar-refractivity contribution in [1.82, 2.24) is 9.97 Å². The first-order valence-corrected chi connectivity index (χ1v) is 8.09. The van der Waals surface area contributed by atoms with Gasteiger partial charge in [-0.05, 0) is 41.6 Å². The summed E-state index contributed by atoms with van der Waals surface area (Å²) in [6.07, 6.45) is 1.02. The van der Waals surface area contributed by atoms with E-state index in [9.17, 15) is 0 Å². The molecule has 0 N–H and O–H groups in total. The third kappa shape index (κ3) is 2.78. The van der Waals surface area contributed by atoms with Gasteiger partial charge >= 0.3 is 0 Å². The minimum Gasteiger partial charge on any atom is -0.496 e. The molecule has 1 unspecified atom stereocenters. The molecule has 0 saturated heterocycles. The molecule has 1 aromatic heterocycles. The molecule has 110 valence electrons. The Hall–Kier alpha value is -0.790. The number of methoxy groups -OCH3 is 1. The van der Waals surface area contributed by atoms with Crippen LogP contribution in [0.5, 0.6) is 11.5 Å². The molecule has 0 aliphatic carbocycles. The van der Waals surface area contributed by atoms with Gasteiger partial charge in [0.05, 0.1) is 16.2 Å². The Morgan fingerprint density at radius 2 is 1.95 bits per heavy atom. The van der Waals surface area contributed by atoms with Crippen molar-refractivity contribution in [1.29, 1.82) is 0 Å². The van der Waals surface area contributed by atoms with E-state index in [4.69, 9.17) is 32.7 Å². The highest BCUT2D eigenvalue weighted by Crippen LogP contribution is 2.39. The molecule has 7 heteroatoms. The monoisotopic (exact) mass is 436 g/mol. The summed E-state index contributed by atoms with van der Waals surface area (Å²) in [5.74, 6) is 1.93. The fourth-order valence-electron chi connectivity index (χ4n) is 2.30. The van der Waals surface area contributed by atoms with Crippen molar-refractivity contribution in [2.45, 2.75) is 19.4 Å². The largest absolute Gasteiger partial charge is 0.496 e. The molecule has 3 rings (SSSR count). The quantitative estimate of drug-likeness (QED) is 0.517. The Bertz CT molecular complexity index is 701. The van der Waals surface area contributed by atoms with Gasteiger partial charge in [-0.15, -0.1) is 0 Å². The average molecular weight is 437 g/mol. The Labute approximate surface area is 145 Å². The van der Waals surface area contributed by atoms with Crippen molar-refractivity contribution < 1.29 is 9.47 Å². The number of aromatic nitrogens is 2. The van der Waals surface area contributed by atoms with Crippen LogP contribution in [0.1, 0.15) is 12.5 Å². The number of benzene rings is 1. The van der Waals surface area contributed by atoms with E-state index in [1.54, 1.807) is 7.11 Å². The lowest BCUT2D eigenvalue weighted by molar-refractivity contribution is 0.254. The van der Waals surface area contributed by atoms with Crippen LogP contribution >= 0.6 is 45.8 Å². The van der Waals surface area contributed by atoms with E-state index in [-0.39, 0.29) is 6.10 Å². The molecule has 0 saturated carbocycles. The lowest BCUT2D eigenvalue weighted by Crippen LogP contribution is -2.05. The molecular weight excluding hydrogens is 426 g/mol. The molecule has 0 amide bonds. The van der Waals surface area contributed by atoms with Crippen LogP contribution in [0.25, 0.3) is 11.4 Å². The topological polar surface area (TPSA) is 44.2 Å². The summed E-state index contributed by atoms with van der Waals surface area (Å²) in [5.41, 5.74) is 1.83. The number of rotatable bonds is 2. The van der Waals surface area contributed by atoms with E-state index in [1.807, 2.05) is 41.6 Å². The summed E-state index contributed by atoms with van der Waals surface area (Å²) >= 11 is 14.2. The fraction of sp³-hybridized carbons (Fsp3) is 0.286. The van der Waals surface area contributed by atoms with Gasteiger partial charge in [-0.2, -0.15) is 0 Å². The molecular formula is C14H11Cl2IN2O2. The summed E-state index contributed by atoms with van der Waals surface area (Å²) in [5, 5.41) is 0.643. The SMILES string of the molecule is COc1cc2c(cc1-c1nc(Cl)c(I)c(Cl)n1)OC(C)C2. The number of hydrogen-bond acceptors (Lipinski definition) is 4. The first kappa shape index (κ1) is 15.1. The van der Waals surface area contributed by atoms with E-state index in [0.717, 1.165) is 17.7 Å². The van der Waals surface area contributed by atoms with Crippen LogP contribution in [-0.2, 0) is 6.42 Å². The van der Waals surface area contributed by atoms with Crippen LogP contribution < -0.4 is 9.47 Å². The normalized spacial score (nSPS) is 16.5. The number of halogens is 3. The van der Waals surface area contributed by atoms with Crippen LogP contribution in [0.4, 0.5) is 0 Å². The van der Waals surface area contributed by atoms with Gasteiger partial charge in [-0.1, -0.05) is 23.2 Å². The zero-order valence-corrected chi connectivity index (χ0v) is 15.0. The summed E-state index contributed by atoms with van der Waals surface area (Å²) in [7, 11) is 1.61. The second kappa shape index (κ2) is 5.78. The minimum atomic E-state index is 0.157.